The summed E-state index contributed by atoms with van der Waals surface area (Å²) in [6.45, 7) is 26.3. The molecule has 18 nitrogen and oxygen atoms in total. The van der Waals surface area contributed by atoms with Crippen molar-refractivity contribution in [2.75, 3.05) is 22.9 Å². The Hall–Kier alpha value is -9.10. The van der Waals surface area contributed by atoms with Gasteiger partial charge in [0.1, 0.15) is 46.1 Å². The molecule has 2 N–H and O–H groups in total. The first kappa shape index (κ1) is 58.1. The number of nitrogens with zero attached hydrogens (tertiary/aromatic N) is 12. The quantitative estimate of drug-likeness (QED) is 0.0916. The summed E-state index contributed by atoms with van der Waals surface area (Å²) in [6, 6.07) is 23.3. The van der Waals surface area contributed by atoms with Crippen molar-refractivity contribution < 1.29 is 46.7 Å². The van der Waals surface area contributed by atoms with Crippen LogP contribution in [0.1, 0.15) is 90.4 Å². The average molecular weight is 1210 g/mol. The van der Waals surface area contributed by atoms with Crippen molar-refractivity contribution in [2.45, 2.75) is 90.5 Å². The highest BCUT2D eigenvalue weighted by atomic mass is 79.9. The first-order valence-electron chi connectivity index (χ1n) is 26.7. The third kappa shape index (κ3) is 12.0. The number of benzene rings is 4. The molecule has 24 heteroatoms. The van der Waals surface area contributed by atoms with E-state index in [2.05, 4.69) is 40.8 Å². The predicted molar refractivity (Wildman–Crippen MR) is 314 cm³/mol. The molecule has 10 aromatic rings. The van der Waals surface area contributed by atoms with E-state index < -0.39 is 48.0 Å². The Labute approximate surface area is 488 Å². The summed E-state index contributed by atoms with van der Waals surface area (Å²) in [7, 11) is -1.82. The van der Waals surface area contributed by atoms with Crippen LogP contribution in [0.5, 0.6) is 0 Å². The summed E-state index contributed by atoms with van der Waals surface area (Å²) in [5.74, 6) is -0.406. The Morgan fingerprint density at radius 2 is 1.11 bits per heavy atom. The predicted octanol–water partition coefficient (Wildman–Crippen LogP) is 13.1. The van der Waals surface area contributed by atoms with E-state index in [9.17, 15) is 37.2 Å². The Morgan fingerprint density at radius 1 is 0.631 bits per heavy atom. The van der Waals surface area contributed by atoms with E-state index in [0.717, 1.165) is 58.9 Å². The topological polar surface area (TPSA) is 178 Å². The van der Waals surface area contributed by atoms with E-state index in [1.165, 1.54) is 28.8 Å². The van der Waals surface area contributed by atoms with Gasteiger partial charge in [0.15, 0.2) is 22.7 Å². The molecule has 0 unspecified atom stereocenters. The van der Waals surface area contributed by atoms with Crippen LogP contribution in [0.2, 0.25) is 0 Å². The molecule has 2 fully saturated rings. The number of hydrogen-bond acceptors (Lipinski definition) is 12. The molecular formula is C60H54BBrF4N12O6. The molecular weight excluding hydrogens is 1150 g/mol. The van der Waals surface area contributed by atoms with Gasteiger partial charge in [-0.2, -0.15) is 10.2 Å². The Kier molecular flexibility index (Phi) is 16.1. The number of aromatic nitrogens is 8. The zero-order valence-corrected chi connectivity index (χ0v) is 47.9. The molecule has 2 aliphatic rings. The zero-order valence-electron chi connectivity index (χ0n) is 46.3. The number of carbonyl (C=O) groups is 2. The fourth-order valence-electron chi connectivity index (χ4n) is 10.4. The van der Waals surface area contributed by atoms with Gasteiger partial charge < -0.3 is 29.3 Å². The van der Waals surface area contributed by atoms with Crippen molar-refractivity contribution in [1.82, 2.24) is 38.3 Å². The van der Waals surface area contributed by atoms with Gasteiger partial charge in [-0.05, 0) is 179 Å². The van der Waals surface area contributed by atoms with Gasteiger partial charge in [0, 0.05) is 36.6 Å². The first-order chi connectivity index (χ1) is 40.0. The fraction of sp³-hybridized carbons (Fsp3) is 0.267. The minimum absolute atomic E-state index is 0.00128. The van der Waals surface area contributed by atoms with Crippen LogP contribution < -0.4 is 15.4 Å². The molecule has 0 spiro atoms. The third-order valence-corrected chi connectivity index (χ3v) is 14.5. The van der Waals surface area contributed by atoms with Gasteiger partial charge in [0.2, 0.25) is 0 Å². The molecule has 84 heavy (non-hydrogen) atoms. The van der Waals surface area contributed by atoms with Crippen LogP contribution in [0.15, 0.2) is 126 Å². The van der Waals surface area contributed by atoms with Crippen molar-refractivity contribution in [2.24, 2.45) is 0 Å². The van der Waals surface area contributed by atoms with Gasteiger partial charge in [0.05, 0.1) is 70.0 Å². The van der Waals surface area contributed by atoms with E-state index in [0.29, 0.717) is 85.6 Å². The van der Waals surface area contributed by atoms with Crippen LogP contribution in [-0.2, 0) is 9.47 Å². The summed E-state index contributed by atoms with van der Waals surface area (Å²) < 4.78 is 74.0. The summed E-state index contributed by atoms with van der Waals surface area (Å²) in [4.78, 5) is 46.0. The number of anilines is 2. The molecule has 2 aliphatic heterocycles. The Balaban J connectivity index is 0.000000152. The van der Waals surface area contributed by atoms with Gasteiger partial charge >= 0.3 is 19.3 Å². The van der Waals surface area contributed by atoms with E-state index in [1.54, 1.807) is 112 Å². The molecule has 8 heterocycles. The number of ether oxygens (including phenoxy) is 2. The number of halogens is 5. The van der Waals surface area contributed by atoms with Gasteiger partial charge in [-0.3, -0.25) is 4.57 Å². The molecule has 6 aromatic heterocycles. The second-order valence-corrected chi connectivity index (χ2v) is 22.9. The molecule has 0 radical (unpaired) electrons. The SMILES string of the molecule is Fc1ccc(F)c([C@H]2CCCN2c2ccn3ncc(Br)c3n2)c1.[C-]#[N+]c1ccc2c(c1)cc(-c1cnn3ccc(N4CCC[C@@H]4c4cc(F)ccc4F)nc13)n2C(=O)OC(C)(C)C.[C-]#[N+]c1ccc2c(c1)cc(B(O)O)n2C(=O)OC(C)(C)C. The normalized spacial score (nSPS) is 15.2. The largest absolute Gasteiger partial charge is 0.506 e. The van der Waals surface area contributed by atoms with Crippen molar-refractivity contribution in [3.8, 4) is 11.3 Å². The Bertz CT molecular complexity index is 4270. The van der Waals surface area contributed by atoms with E-state index >= 15 is 0 Å². The number of hydrogen-bond donors (Lipinski definition) is 2. The van der Waals surface area contributed by atoms with Crippen molar-refractivity contribution in [1.29, 1.82) is 0 Å². The summed E-state index contributed by atoms with van der Waals surface area (Å²) in [6.07, 6.45) is 8.77. The van der Waals surface area contributed by atoms with Crippen molar-refractivity contribution >= 4 is 96.9 Å². The van der Waals surface area contributed by atoms with Crippen LogP contribution in [0.25, 0.3) is 54.0 Å². The zero-order chi connectivity index (χ0) is 59.9. The highest BCUT2D eigenvalue weighted by Gasteiger charge is 2.33. The van der Waals surface area contributed by atoms with Gasteiger partial charge in [-0.15, -0.1) is 0 Å². The highest BCUT2D eigenvalue weighted by molar-refractivity contribution is 9.10. The lowest BCUT2D eigenvalue weighted by atomic mass is 9.86. The number of carbonyl (C=O) groups excluding carboxylic acids is 2. The highest BCUT2D eigenvalue weighted by Crippen LogP contribution is 2.40. The second-order valence-electron chi connectivity index (χ2n) is 22.0. The van der Waals surface area contributed by atoms with Gasteiger partial charge in [-0.25, -0.2) is 60.4 Å². The summed E-state index contributed by atoms with van der Waals surface area (Å²) in [5, 5.41) is 28.8. The van der Waals surface area contributed by atoms with E-state index in [4.69, 9.17) is 27.6 Å². The standard InChI is InChI=1S/C30H26F2N6O2.C16H13BrF2N4.C14H15BN2O4/c1-30(2,3)40-29(39)38-24-10-8-20(33-4)14-18(24)15-26(38)22-17-34-37-13-11-27(35-28(22)37)36-12-5-6-25(36)21-16-19(31)7-9-23(21)32;17-12-9-20-23-7-5-15(21-16(12)23)22-6-1-2-14(22)11-8-10(18)3-4-13(11)19;1-14(2,3)21-13(18)17-11-6-5-10(16-4)7-9(11)8-12(17)15(19)20/h7-11,13-17,25H,5-6,12H2,1-3H3;3-5,7-9,14H,1-2,6H2;5-8,19-20H,1-3H3/t25-;14-;/m11./s1. The van der Waals surface area contributed by atoms with Crippen LogP contribution in [0.4, 0.5) is 50.2 Å². The Morgan fingerprint density at radius 3 is 1.62 bits per heavy atom. The number of fused-ring (bicyclic) bond motifs is 4. The molecule has 0 saturated carbocycles. The van der Waals surface area contributed by atoms with E-state index in [-0.39, 0.29) is 23.5 Å². The smallest absolute Gasteiger partial charge is 0.443 e. The maximum absolute atomic E-state index is 14.7. The third-order valence-electron chi connectivity index (χ3n) is 13.9. The van der Waals surface area contributed by atoms with E-state index in [1.807, 2.05) is 28.1 Å². The molecule has 2 saturated heterocycles. The minimum Gasteiger partial charge on any atom is -0.443 e. The van der Waals surface area contributed by atoms with Gasteiger partial charge in [-0.1, -0.05) is 12.1 Å². The maximum Gasteiger partial charge on any atom is 0.506 e. The molecule has 0 aliphatic carbocycles. The summed E-state index contributed by atoms with van der Waals surface area (Å²) in [5.41, 5.74) is 3.44. The second kappa shape index (κ2) is 23.3. The lowest BCUT2D eigenvalue weighted by Gasteiger charge is -2.26. The van der Waals surface area contributed by atoms with Crippen molar-refractivity contribution in [3.63, 3.8) is 0 Å². The maximum atomic E-state index is 14.7. The van der Waals surface area contributed by atoms with Crippen LogP contribution in [0, 0.1) is 36.4 Å². The monoisotopic (exact) mass is 1200 g/mol. The molecule has 12 rings (SSSR count). The number of rotatable bonds is 6. The van der Waals surface area contributed by atoms with Crippen LogP contribution in [0.3, 0.4) is 0 Å². The molecule has 0 bridgehead atoms. The fourth-order valence-corrected chi connectivity index (χ4v) is 10.8. The average Bonchev–Trinajstić information content (AvgIpc) is 1.93. The molecule has 2 atom stereocenters. The van der Waals surface area contributed by atoms with Gasteiger partial charge in [0.25, 0.3) is 0 Å². The molecule has 428 valence electrons. The minimum atomic E-state index is -1.82. The lowest BCUT2D eigenvalue weighted by Crippen LogP contribution is -2.40. The van der Waals surface area contributed by atoms with Crippen LogP contribution >= 0.6 is 15.9 Å². The first-order valence-corrected chi connectivity index (χ1v) is 27.4. The summed E-state index contributed by atoms with van der Waals surface area (Å²) >= 11 is 3.42. The lowest BCUT2D eigenvalue weighted by molar-refractivity contribution is 0.0536. The molecule has 4 aromatic carbocycles. The van der Waals surface area contributed by atoms with Crippen molar-refractivity contribution in [3.05, 3.63) is 184 Å². The molecule has 0 amide bonds. The van der Waals surface area contributed by atoms with Crippen LogP contribution in [-0.4, -0.2) is 92.0 Å².